The molecule has 0 aromatic carbocycles. The molecule has 0 saturated carbocycles. The SMILES string of the molecule is CCCCCCCCCCCCCCCCCCCCCCCCC(=O)OC(COCCCCCCCCCCCC)COC1OC(CO)C(O)C(OS(=O)(=O)O)C1O. The van der Waals surface area contributed by atoms with E-state index in [0.717, 1.165) is 38.5 Å². The number of carbonyl (C=O) groups is 1. The number of hydrogen-bond acceptors (Lipinski definition) is 11. The van der Waals surface area contributed by atoms with Gasteiger partial charge in [-0.1, -0.05) is 206 Å². The third-order valence-electron chi connectivity index (χ3n) is 11.5. The maximum atomic E-state index is 12.9. The van der Waals surface area contributed by atoms with Crippen LogP contribution in [-0.4, -0.2) is 97.5 Å². The Hall–Kier alpha value is -0.900. The first-order valence-electron chi connectivity index (χ1n) is 24.3. The van der Waals surface area contributed by atoms with Crippen LogP contribution in [0.25, 0.3) is 0 Å². The Labute approximate surface area is 360 Å². The molecule has 1 heterocycles. The summed E-state index contributed by atoms with van der Waals surface area (Å²) < 4.78 is 59.0. The van der Waals surface area contributed by atoms with Gasteiger partial charge < -0.3 is 34.3 Å². The Kier molecular flexibility index (Phi) is 36.9. The van der Waals surface area contributed by atoms with Crippen molar-refractivity contribution in [3.05, 3.63) is 0 Å². The summed E-state index contributed by atoms with van der Waals surface area (Å²) in [6, 6.07) is 0. The minimum absolute atomic E-state index is 0.0440. The van der Waals surface area contributed by atoms with Crippen LogP contribution in [0.3, 0.4) is 0 Å². The molecule has 0 amide bonds. The van der Waals surface area contributed by atoms with Gasteiger partial charge in [0.25, 0.3) is 0 Å². The minimum atomic E-state index is -5.05. The van der Waals surface area contributed by atoms with E-state index in [2.05, 4.69) is 18.0 Å². The van der Waals surface area contributed by atoms with Gasteiger partial charge in [-0.15, -0.1) is 0 Å². The van der Waals surface area contributed by atoms with Crippen LogP contribution < -0.4 is 0 Å². The van der Waals surface area contributed by atoms with E-state index < -0.39 is 59.8 Å². The van der Waals surface area contributed by atoms with Crippen molar-refractivity contribution < 1.29 is 56.2 Å². The highest BCUT2D eigenvalue weighted by Crippen LogP contribution is 2.26. The van der Waals surface area contributed by atoms with Gasteiger partial charge in [0, 0.05) is 13.0 Å². The lowest BCUT2D eigenvalue weighted by Crippen LogP contribution is -2.60. The topological polar surface area (TPSA) is 178 Å². The van der Waals surface area contributed by atoms with Crippen molar-refractivity contribution >= 4 is 16.4 Å². The molecule has 12 nitrogen and oxygen atoms in total. The first kappa shape index (κ1) is 56.1. The molecule has 1 aliphatic heterocycles. The van der Waals surface area contributed by atoms with Crippen LogP contribution in [0.2, 0.25) is 0 Å². The second-order valence-corrected chi connectivity index (χ2v) is 18.1. The van der Waals surface area contributed by atoms with Crippen molar-refractivity contribution in [1.29, 1.82) is 0 Å². The molecule has 0 aliphatic carbocycles. The smallest absolute Gasteiger partial charge is 0.397 e. The Morgan fingerprint density at radius 1 is 0.576 bits per heavy atom. The lowest BCUT2D eigenvalue weighted by atomic mass is 9.99. The molecule has 1 saturated heterocycles. The fourth-order valence-electron chi connectivity index (χ4n) is 7.79. The van der Waals surface area contributed by atoms with E-state index in [0.29, 0.717) is 13.0 Å². The molecule has 59 heavy (non-hydrogen) atoms. The molecule has 0 aromatic heterocycles. The van der Waals surface area contributed by atoms with E-state index in [1.165, 1.54) is 161 Å². The third kappa shape index (κ3) is 32.4. The second kappa shape index (κ2) is 38.7. The summed E-state index contributed by atoms with van der Waals surface area (Å²) in [7, 11) is -5.05. The second-order valence-electron chi connectivity index (χ2n) is 17.1. The minimum Gasteiger partial charge on any atom is -0.457 e. The first-order valence-corrected chi connectivity index (χ1v) is 25.7. The third-order valence-corrected chi connectivity index (χ3v) is 11.9. The zero-order valence-electron chi connectivity index (χ0n) is 37.6. The van der Waals surface area contributed by atoms with Crippen LogP contribution in [0.1, 0.15) is 226 Å². The lowest BCUT2D eigenvalue weighted by Gasteiger charge is -2.41. The molecule has 1 rings (SSSR count). The molecule has 0 bridgehead atoms. The van der Waals surface area contributed by atoms with E-state index in [1.54, 1.807) is 0 Å². The van der Waals surface area contributed by atoms with Crippen LogP contribution in [0, 0.1) is 0 Å². The van der Waals surface area contributed by atoms with Crippen molar-refractivity contribution in [3.63, 3.8) is 0 Å². The van der Waals surface area contributed by atoms with E-state index in [-0.39, 0.29) is 19.6 Å². The highest BCUT2D eigenvalue weighted by atomic mass is 32.3. The molecule has 1 aliphatic rings. The average Bonchev–Trinajstić information content (AvgIpc) is 3.20. The van der Waals surface area contributed by atoms with Crippen LogP contribution in [0.4, 0.5) is 0 Å². The fraction of sp³-hybridized carbons (Fsp3) is 0.978. The maximum Gasteiger partial charge on any atom is 0.397 e. The summed E-state index contributed by atoms with van der Waals surface area (Å²) in [6.07, 6.45) is 31.5. The summed E-state index contributed by atoms with van der Waals surface area (Å²) >= 11 is 0. The molecule has 0 aromatic rings. The molecular weight excluding hydrogens is 777 g/mol. The number of hydrogen-bond donors (Lipinski definition) is 4. The van der Waals surface area contributed by atoms with Crippen molar-refractivity contribution in [3.8, 4) is 0 Å². The van der Waals surface area contributed by atoms with E-state index >= 15 is 0 Å². The molecular formula is C46H90O12S. The monoisotopic (exact) mass is 867 g/mol. The van der Waals surface area contributed by atoms with Gasteiger partial charge in [-0.2, -0.15) is 8.42 Å². The molecule has 6 unspecified atom stereocenters. The number of aliphatic hydroxyl groups is 3. The Bertz CT molecular complexity index is 1050. The van der Waals surface area contributed by atoms with Gasteiger partial charge in [0.15, 0.2) is 6.29 Å². The van der Waals surface area contributed by atoms with Crippen LogP contribution in [0.5, 0.6) is 0 Å². The largest absolute Gasteiger partial charge is 0.457 e. The molecule has 6 atom stereocenters. The summed E-state index contributed by atoms with van der Waals surface area (Å²) in [5, 5.41) is 30.6. The molecule has 4 N–H and O–H groups in total. The van der Waals surface area contributed by atoms with Gasteiger partial charge in [0.2, 0.25) is 0 Å². The van der Waals surface area contributed by atoms with E-state index in [1.807, 2.05) is 0 Å². The number of unbranched alkanes of at least 4 members (excludes halogenated alkanes) is 30. The van der Waals surface area contributed by atoms with Crippen LogP contribution >= 0.6 is 0 Å². The van der Waals surface area contributed by atoms with Gasteiger partial charge in [0.1, 0.15) is 30.5 Å². The van der Waals surface area contributed by atoms with Crippen molar-refractivity contribution in [2.75, 3.05) is 26.4 Å². The highest BCUT2D eigenvalue weighted by Gasteiger charge is 2.48. The number of esters is 1. The summed E-state index contributed by atoms with van der Waals surface area (Å²) in [4.78, 5) is 12.9. The molecule has 13 heteroatoms. The standard InChI is InChI=1S/C46H90O12S/c1-3-5-7-9-11-13-15-16-17-18-19-20-21-22-23-24-25-26-27-29-31-33-35-42(48)56-40(38-54-36-34-32-30-28-14-12-10-8-6-4-2)39-55-46-44(50)45(58-59(51,52)53)43(49)41(37-47)57-46/h40-41,43-47,49-50H,3-39H2,1-2H3,(H,51,52,53). The predicted molar refractivity (Wildman–Crippen MR) is 235 cm³/mol. The number of rotatable bonds is 43. The van der Waals surface area contributed by atoms with Crippen molar-refractivity contribution in [2.24, 2.45) is 0 Å². The van der Waals surface area contributed by atoms with Crippen LogP contribution in [-0.2, 0) is 38.3 Å². The molecule has 0 radical (unpaired) electrons. The Balaban J connectivity index is 2.30. The Morgan fingerprint density at radius 2 is 0.966 bits per heavy atom. The van der Waals surface area contributed by atoms with Crippen molar-refractivity contribution in [2.45, 2.75) is 263 Å². The van der Waals surface area contributed by atoms with E-state index in [9.17, 15) is 28.5 Å². The zero-order valence-corrected chi connectivity index (χ0v) is 38.4. The summed E-state index contributed by atoms with van der Waals surface area (Å²) in [6.45, 7) is 4.02. The van der Waals surface area contributed by atoms with Gasteiger partial charge in [-0.05, 0) is 12.8 Å². The molecule has 0 spiro atoms. The average molecular weight is 867 g/mol. The van der Waals surface area contributed by atoms with Crippen molar-refractivity contribution in [1.82, 2.24) is 0 Å². The lowest BCUT2D eigenvalue weighted by molar-refractivity contribution is -0.301. The number of aliphatic hydroxyl groups excluding tert-OH is 3. The summed E-state index contributed by atoms with van der Waals surface area (Å²) in [5.74, 6) is -0.393. The molecule has 1 fully saturated rings. The maximum absolute atomic E-state index is 12.9. The summed E-state index contributed by atoms with van der Waals surface area (Å²) in [5.41, 5.74) is 0. The fourth-order valence-corrected chi connectivity index (χ4v) is 8.30. The quantitative estimate of drug-likeness (QED) is 0.0259. The number of carbonyl (C=O) groups excluding carboxylic acids is 1. The van der Waals surface area contributed by atoms with Gasteiger partial charge in [-0.3, -0.25) is 9.35 Å². The Morgan fingerprint density at radius 3 is 1.36 bits per heavy atom. The number of ether oxygens (including phenoxy) is 4. The zero-order chi connectivity index (χ0) is 43.2. The normalized spacial score (nSPS) is 20.3. The predicted octanol–water partition coefficient (Wildman–Crippen LogP) is 10.5. The molecule has 352 valence electrons. The van der Waals surface area contributed by atoms with Crippen LogP contribution in [0.15, 0.2) is 0 Å². The highest BCUT2D eigenvalue weighted by molar-refractivity contribution is 7.80. The van der Waals surface area contributed by atoms with E-state index in [4.69, 9.17) is 23.5 Å². The van der Waals surface area contributed by atoms with Gasteiger partial charge >= 0.3 is 16.4 Å². The van der Waals surface area contributed by atoms with Gasteiger partial charge in [-0.25, -0.2) is 4.18 Å². The first-order chi connectivity index (χ1) is 28.6. The van der Waals surface area contributed by atoms with Gasteiger partial charge in [0.05, 0.1) is 19.8 Å².